The van der Waals surface area contributed by atoms with Crippen molar-refractivity contribution >= 4 is 5.91 Å². The maximum Gasteiger partial charge on any atom is 0.222 e. The van der Waals surface area contributed by atoms with Crippen molar-refractivity contribution in [2.75, 3.05) is 13.1 Å². The second-order valence-electron chi connectivity index (χ2n) is 4.05. The van der Waals surface area contributed by atoms with Crippen LogP contribution in [0.15, 0.2) is 24.3 Å². The molecule has 1 aliphatic rings. The zero-order chi connectivity index (χ0) is 11.5. The average Bonchev–Trinajstić information content (AvgIpc) is 2.65. The van der Waals surface area contributed by atoms with Crippen molar-refractivity contribution in [3.8, 4) is 5.75 Å². The molecular weight excluding hydrogens is 206 g/mol. The molecule has 2 rings (SSSR count). The van der Waals surface area contributed by atoms with Crippen LogP contribution in [0.25, 0.3) is 0 Å². The first-order valence-electron chi connectivity index (χ1n) is 5.41. The molecule has 1 aliphatic heterocycles. The summed E-state index contributed by atoms with van der Waals surface area (Å²) in [5, 5.41) is 19.0. The predicted octanol–water partition coefficient (Wildman–Crippen LogP) is 1.05. The minimum atomic E-state index is -0.678. The number of hydrogen-bond donors (Lipinski definition) is 2. The Morgan fingerprint density at radius 3 is 2.56 bits per heavy atom. The number of nitrogens with zero attached hydrogens (tertiary/aromatic N) is 1. The summed E-state index contributed by atoms with van der Waals surface area (Å²) in [5.41, 5.74) is 0.720. The molecule has 1 atom stereocenters. The first-order chi connectivity index (χ1) is 7.66. The minimum absolute atomic E-state index is 0.109. The van der Waals surface area contributed by atoms with Gasteiger partial charge >= 0.3 is 0 Å². The molecule has 4 nitrogen and oxygen atoms in total. The number of rotatable bonds is 3. The van der Waals surface area contributed by atoms with Crippen molar-refractivity contribution in [3.63, 3.8) is 0 Å². The molecule has 86 valence electrons. The zero-order valence-electron chi connectivity index (χ0n) is 8.97. The molecule has 0 spiro atoms. The molecule has 0 saturated carbocycles. The quantitative estimate of drug-likeness (QED) is 0.802. The van der Waals surface area contributed by atoms with Gasteiger partial charge in [-0.25, -0.2) is 0 Å². The number of phenols is 1. The molecular formula is C12H15NO3. The van der Waals surface area contributed by atoms with Gasteiger partial charge in [-0.2, -0.15) is 0 Å². The van der Waals surface area contributed by atoms with Crippen molar-refractivity contribution in [2.24, 2.45) is 0 Å². The molecule has 1 heterocycles. The number of hydrogen-bond acceptors (Lipinski definition) is 3. The highest BCUT2D eigenvalue weighted by atomic mass is 16.3. The van der Waals surface area contributed by atoms with Crippen molar-refractivity contribution in [1.29, 1.82) is 0 Å². The van der Waals surface area contributed by atoms with E-state index in [2.05, 4.69) is 0 Å². The van der Waals surface area contributed by atoms with Crippen molar-refractivity contribution in [1.82, 2.24) is 4.90 Å². The largest absolute Gasteiger partial charge is 0.508 e. The molecule has 0 aromatic heterocycles. The summed E-state index contributed by atoms with van der Waals surface area (Å²) in [6, 6.07) is 6.40. The van der Waals surface area contributed by atoms with E-state index in [0.717, 1.165) is 18.5 Å². The van der Waals surface area contributed by atoms with Gasteiger partial charge in [0, 0.05) is 13.0 Å². The number of carbonyl (C=O) groups is 1. The van der Waals surface area contributed by atoms with Gasteiger partial charge in [0.05, 0.1) is 12.6 Å². The lowest BCUT2D eigenvalue weighted by Crippen LogP contribution is -2.29. The van der Waals surface area contributed by atoms with Gasteiger partial charge in [0.1, 0.15) is 5.75 Å². The lowest BCUT2D eigenvalue weighted by Gasteiger charge is -2.20. The molecule has 1 fully saturated rings. The van der Waals surface area contributed by atoms with Crippen LogP contribution in [-0.2, 0) is 4.79 Å². The van der Waals surface area contributed by atoms with Crippen molar-refractivity contribution in [3.05, 3.63) is 29.8 Å². The third kappa shape index (κ3) is 2.33. The van der Waals surface area contributed by atoms with E-state index in [1.165, 1.54) is 12.1 Å². The Kier molecular flexibility index (Phi) is 3.10. The number of aliphatic hydroxyl groups is 1. The molecule has 1 unspecified atom stereocenters. The van der Waals surface area contributed by atoms with Crippen LogP contribution in [0.5, 0.6) is 5.75 Å². The first kappa shape index (κ1) is 11.0. The Bertz CT molecular complexity index is 374. The molecule has 1 aromatic carbocycles. The van der Waals surface area contributed by atoms with Crippen molar-refractivity contribution < 1.29 is 15.0 Å². The molecule has 16 heavy (non-hydrogen) atoms. The van der Waals surface area contributed by atoms with Gasteiger partial charge in [-0.3, -0.25) is 4.79 Å². The zero-order valence-corrected chi connectivity index (χ0v) is 8.97. The normalized spacial score (nSPS) is 17.8. The fourth-order valence-corrected chi connectivity index (χ4v) is 1.91. The number of phenolic OH excluding ortho intramolecular Hbond substituents is 1. The maximum atomic E-state index is 11.4. The second-order valence-corrected chi connectivity index (χ2v) is 4.05. The van der Waals surface area contributed by atoms with Gasteiger partial charge in [-0.15, -0.1) is 0 Å². The van der Waals surface area contributed by atoms with Crippen LogP contribution in [0.1, 0.15) is 24.5 Å². The summed E-state index contributed by atoms with van der Waals surface area (Å²) >= 11 is 0. The Balaban J connectivity index is 1.99. The summed E-state index contributed by atoms with van der Waals surface area (Å²) in [6.45, 7) is 1.07. The van der Waals surface area contributed by atoms with Gasteiger partial charge in [0.15, 0.2) is 0 Å². The van der Waals surface area contributed by atoms with Crippen LogP contribution >= 0.6 is 0 Å². The van der Waals surface area contributed by atoms with Gasteiger partial charge in [-0.1, -0.05) is 12.1 Å². The highest BCUT2D eigenvalue weighted by molar-refractivity contribution is 5.78. The van der Waals surface area contributed by atoms with E-state index in [1.54, 1.807) is 17.0 Å². The van der Waals surface area contributed by atoms with Crippen LogP contribution in [0.2, 0.25) is 0 Å². The van der Waals surface area contributed by atoms with E-state index in [9.17, 15) is 9.90 Å². The summed E-state index contributed by atoms with van der Waals surface area (Å²) in [4.78, 5) is 13.0. The number of aliphatic hydroxyl groups excluding tert-OH is 1. The third-order valence-corrected chi connectivity index (χ3v) is 2.84. The first-order valence-corrected chi connectivity index (χ1v) is 5.41. The summed E-state index contributed by atoms with van der Waals surface area (Å²) in [5.74, 6) is 0.283. The van der Waals surface area contributed by atoms with Gasteiger partial charge in [0.2, 0.25) is 5.91 Å². The lowest BCUT2D eigenvalue weighted by molar-refractivity contribution is -0.128. The van der Waals surface area contributed by atoms with E-state index in [1.807, 2.05) is 0 Å². The number of carbonyl (C=O) groups excluding carboxylic acids is 1. The Morgan fingerprint density at radius 2 is 2.00 bits per heavy atom. The summed E-state index contributed by atoms with van der Waals surface area (Å²) in [6.07, 6.45) is 0.784. The molecule has 0 radical (unpaired) electrons. The Hall–Kier alpha value is -1.55. The summed E-state index contributed by atoms with van der Waals surface area (Å²) < 4.78 is 0. The van der Waals surface area contributed by atoms with E-state index in [0.29, 0.717) is 13.0 Å². The molecule has 1 saturated heterocycles. The SMILES string of the molecule is O=C1CCCN1CC(O)c1ccc(O)cc1. The standard InChI is InChI=1S/C12H15NO3/c14-10-5-3-9(4-6-10)11(15)8-13-7-1-2-12(13)16/h3-6,11,14-15H,1-2,7-8H2. The van der Waals surface area contributed by atoms with Gasteiger partial charge in [0.25, 0.3) is 0 Å². The van der Waals surface area contributed by atoms with E-state index >= 15 is 0 Å². The van der Waals surface area contributed by atoms with Gasteiger partial charge in [-0.05, 0) is 24.1 Å². The number of benzene rings is 1. The third-order valence-electron chi connectivity index (χ3n) is 2.84. The lowest BCUT2D eigenvalue weighted by atomic mass is 10.1. The summed E-state index contributed by atoms with van der Waals surface area (Å²) in [7, 11) is 0. The topological polar surface area (TPSA) is 60.8 Å². The molecule has 0 bridgehead atoms. The molecule has 2 N–H and O–H groups in total. The van der Waals surface area contributed by atoms with E-state index < -0.39 is 6.10 Å². The van der Waals surface area contributed by atoms with Crippen LogP contribution in [-0.4, -0.2) is 34.1 Å². The highest BCUT2D eigenvalue weighted by Crippen LogP contribution is 2.20. The maximum absolute atomic E-state index is 11.4. The van der Waals surface area contributed by atoms with E-state index in [4.69, 9.17) is 5.11 Å². The van der Waals surface area contributed by atoms with Crippen LogP contribution in [0.3, 0.4) is 0 Å². The Labute approximate surface area is 94.1 Å². The van der Waals surface area contributed by atoms with Crippen molar-refractivity contribution in [2.45, 2.75) is 18.9 Å². The van der Waals surface area contributed by atoms with Crippen LogP contribution in [0.4, 0.5) is 0 Å². The Morgan fingerprint density at radius 1 is 1.31 bits per heavy atom. The second kappa shape index (κ2) is 4.53. The molecule has 0 aliphatic carbocycles. The fraction of sp³-hybridized carbons (Fsp3) is 0.417. The molecule has 1 aromatic rings. The number of β-amino-alcohol motifs (C(OH)–C–C–N with tert-alkyl or cyclic N) is 1. The molecule has 1 amide bonds. The smallest absolute Gasteiger partial charge is 0.222 e. The number of aromatic hydroxyl groups is 1. The monoisotopic (exact) mass is 221 g/mol. The van der Waals surface area contributed by atoms with Gasteiger partial charge < -0.3 is 15.1 Å². The van der Waals surface area contributed by atoms with Crippen LogP contribution in [0, 0.1) is 0 Å². The minimum Gasteiger partial charge on any atom is -0.508 e. The number of likely N-dealkylation sites (tertiary alicyclic amines) is 1. The molecule has 4 heteroatoms. The number of amides is 1. The van der Waals surface area contributed by atoms with E-state index in [-0.39, 0.29) is 11.7 Å². The van der Waals surface area contributed by atoms with Crippen LogP contribution < -0.4 is 0 Å². The average molecular weight is 221 g/mol. The predicted molar refractivity (Wildman–Crippen MR) is 58.9 cm³/mol. The highest BCUT2D eigenvalue weighted by Gasteiger charge is 2.22. The fourth-order valence-electron chi connectivity index (χ4n) is 1.91.